The van der Waals surface area contributed by atoms with Crippen LogP contribution in [0.1, 0.15) is 21.5 Å². The van der Waals surface area contributed by atoms with Crippen LogP contribution < -0.4 is 5.56 Å². The van der Waals surface area contributed by atoms with Crippen LogP contribution in [0.5, 0.6) is 0 Å². The summed E-state index contributed by atoms with van der Waals surface area (Å²) in [5.41, 5.74) is 2.79. The Morgan fingerprint density at radius 3 is 2.29 bits per heavy atom. The number of carbonyl (C=O) groups is 1. The summed E-state index contributed by atoms with van der Waals surface area (Å²) in [5.74, 6) is 0.591. The molecule has 0 fully saturated rings. The molecule has 6 heteroatoms. The molecule has 0 saturated carbocycles. The summed E-state index contributed by atoms with van der Waals surface area (Å²) < 4.78 is 0. The van der Waals surface area contributed by atoms with Crippen molar-refractivity contribution in [3.63, 3.8) is 0 Å². The van der Waals surface area contributed by atoms with E-state index >= 15 is 0 Å². The first-order valence-electron chi connectivity index (χ1n) is 8.61. The van der Waals surface area contributed by atoms with E-state index < -0.39 is 0 Å². The molecule has 0 amide bonds. The van der Waals surface area contributed by atoms with Crippen molar-refractivity contribution >= 4 is 40.0 Å². The van der Waals surface area contributed by atoms with Gasteiger partial charge in [-0.1, -0.05) is 59.8 Å². The van der Waals surface area contributed by atoms with Crippen LogP contribution in [-0.2, 0) is 5.75 Å². The molecule has 1 heterocycles. The van der Waals surface area contributed by atoms with Crippen molar-refractivity contribution in [2.75, 3.05) is 0 Å². The summed E-state index contributed by atoms with van der Waals surface area (Å²) in [6.07, 6.45) is 0. The maximum Gasteiger partial charge on any atom is 0.259 e. The Balaban J connectivity index is 1.47. The lowest BCUT2D eigenvalue weighted by Crippen LogP contribution is -2.08. The summed E-state index contributed by atoms with van der Waals surface area (Å²) in [6.45, 7) is 0. The summed E-state index contributed by atoms with van der Waals surface area (Å²) in [7, 11) is 0. The average molecular weight is 407 g/mol. The van der Waals surface area contributed by atoms with E-state index in [9.17, 15) is 9.59 Å². The maximum absolute atomic E-state index is 12.5. The molecule has 0 saturated heterocycles. The number of benzene rings is 3. The molecule has 0 aliphatic heterocycles. The van der Waals surface area contributed by atoms with Crippen LogP contribution in [-0.4, -0.2) is 15.8 Å². The van der Waals surface area contributed by atoms with Crippen molar-refractivity contribution in [1.82, 2.24) is 9.97 Å². The number of ketones is 1. The molecule has 1 aromatic heterocycles. The zero-order valence-corrected chi connectivity index (χ0v) is 16.3. The number of H-pyrrole nitrogens is 1. The van der Waals surface area contributed by atoms with Gasteiger partial charge in [-0.3, -0.25) is 9.59 Å². The van der Waals surface area contributed by atoms with Crippen molar-refractivity contribution in [3.05, 3.63) is 105 Å². The first-order valence-corrected chi connectivity index (χ1v) is 9.97. The Labute approximate surface area is 170 Å². The number of aromatic nitrogens is 2. The Bertz CT molecular complexity index is 1200. The molecule has 28 heavy (non-hydrogen) atoms. The van der Waals surface area contributed by atoms with E-state index in [-0.39, 0.29) is 11.3 Å². The molecule has 4 nitrogen and oxygen atoms in total. The minimum atomic E-state index is -0.142. The third kappa shape index (κ3) is 4.01. The van der Waals surface area contributed by atoms with Gasteiger partial charge in [-0.15, -0.1) is 0 Å². The van der Waals surface area contributed by atoms with E-state index in [2.05, 4.69) is 9.97 Å². The van der Waals surface area contributed by atoms with Crippen LogP contribution in [0.15, 0.2) is 82.7 Å². The zero-order chi connectivity index (χ0) is 19.5. The second kappa shape index (κ2) is 8.00. The van der Waals surface area contributed by atoms with E-state index in [0.717, 1.165) is 5.56 Å². The van der Waals surface area contributed by atoms with Crippen LogP contribution in [0, 0.1) is 0 Å². The summed E-state index contributed by atoms with van der Waals surface area (Å²) in [6, 6.07) is 21.6. The van der Waals surface area contributed by atoms with Crippen LogP contribution in [0.4, 0.5) is 0 Å². The Hall–Kier alpha value is -2.89. The molecule has 0 atom stereocenters. The number of nitrogens with one attached hydrogen (secondary N) is 1. The van der Waals surface area contributed by atoms with E-state index in [4.69, 9.17) is 11.6 Å². The predicted octanol–water partition coefficient (Wildman–Crippen LogP) is 5.10. The smallest absolute Gasteiger partial charge is 0.259 e. The van der Waals surface area contributed by atoms with Gasteiger partial charge >= 0.3 is 0 Å². The molecule has 138 valence electrons. The van der Waals surface area contributed by atoms with E-state index in [1.807, 2.05) is 42.5 Å². The minimum absolute atomic E-state index is 0.0450. The number of rotatable bonds is 5. The second-order valence-electron chi connectivity index (χ2n) is 6.21. The number of hydrogen-bond donors (Lipinski definition) is 1. The van der Waals surface area contributed by atoms with Gasteiger partial charge in [0.05, 0.1) is 10.9 Å². The van der Waals surface area contributed by atoms with Crippen LogP contribution in [0.2, 0.25) is 5.02 Å². The van der Waals surface area contributed by atoms with Gasteiger partial charge in [-0.2, -0.15) is 0 Å². The normalized spacial score (nSPS) is 10.9. The largest absolute Gasteiger partial charge is 0.301 e. The van der Waals surface area contributed by atoms with Gasteiger partial charge < -0.3 is 4.98 Å². The van der Waals surface area contributed by atoms with Gasteiger partial charge in [0.25, 0.3) is 5.56 Å². The molecule has 3 aromatic carbocycles. The average Bonchev–Trinajstić information content (AvgIpc) is 2.73. The van der Waals surface area contributed by atoms with Crippen molar-refractivity contribution in [2.45, 2.75) is 10.9 Å². The summed E-state index contributed by atoms with van der Waals surface area (Å²) in [5, 5.41) is 1.76. The number of hydrogen-bond acceptors (Lipinski definition) is 4. The molecular weight excluding hydrogens is 392 g/mol. The van der Waals surface area contributed by atoms with Gasteiger partial charge in [-0.05, 0) is 42.0 Å². The lowest BCUT2D eigenvalue weighted by molar-refractivity contribution is 0.103. The van der Waals surface area contributed by atoms with Crippen LogP contribution in [0.3, 0.4) is 0 Å². The van der Waals surface area contributed by atoms with Crippen molar-refractivity contribution in [1.29, 1.82) is 0 Å². The quantitative estimate of drug-likeness (QED) is 0.284. The van der Waals surface area contributed by atoms with E-state index in [1.165, 1.54) is 11.8 Å². The highest BCUT2D eigenvalue weighted by Crippen LogP contribution is 2.21. The third-order valence-corrected chi connectivity index (χ3v) is 5.49. The number of fused-ring (bicyclic) bond motifs is 1. The van der Waals surface area contributed by atoms with E-state index in [1.54, 1.807) is 30.3 Å². The highest BCUT2D eigenvalue weighted by Gasteiger charge is 2.09. The lowest BCUT2D eigenvalue weighted by Gasteiger charge is -2.05. The summed E-state index contributed by atoms with van der Waals surface area (Å²) >= 11 is 7.32. The van der Waals surface area contributed by atoms with Gasteiger partial charge in [-0.25, -0.2) is 4.98 Å². The lowest BCUT2D eigenvalue weighted by atomic mass is 10.0. The van der Waals surface area contributed by atoms with Crippen molar-refractivity contribution in [3.8, 4) is 0 Å². The van der Waals surface area contributed by atoms with E-state index in [0.29, 0.717) is 38.0 Å². The minimum Gasteiger partial charge on any atom is -0.301 e. The molecule has 0 aliphatic carbocycles. The maximum atomic E-state index is 12.5. The van der Waals surface area contributed by atoms with Crippen LogP contribution in [0.25, 0.3) is 10.9 Å². The molecule has 0 radical (unpaired) electrons. The number of halogens is 1. The number of para-hydroxylation sites is 1. The zero-order valence-electron chi connectivity index (χ0n) is 14.7. The molecule has 4 aromatic rings. The molecule has 0 bridgehead atoms. The molecule has 0 unspecified atom stereocenters. The Morgan fingerprint density at radius 1 is 0.929 bits per heavy atom. The fraction of sp³-hybridized carbons (Fsp3) is 0.0455. The fourth-order valence-corrected chi connectivity index (χ4v) is 3.75. The number of carbonyl (C=O) groups excluding carboxylic acids is 1. The topological polar surface area (TPSA) is 62.8 Å². The number of thioether (sulfide) groups is 1. The highest BCUT2D eigenvalue weighted by atomic mass is 35.5. The first-order chi connectivity index (χ1) is 13.6. The van der Waals surface area contributed by atoms with Gasteiger partial charge in [0.1, 0.15) is 0 Å². The second-order valence-corrected chi connectivity index (χ2v) is 7.61. The molecule has 0 aliphatic rings. The van der Waals surface area contributed by atoms with Gasteiger partial charge in [0.15, 0.2) is 10.9 Å². The van der Waals surface area contributed by atoms with Crippen molar-refractivity contribution < 1.29 is 4.79 Å². The van der Waals surface area contributed by atoms with Crippen molar-refractivity contribution in [2.24, 2.45) is 0 Å². The summed E-state index contributed by atoms with van der Waals surface area (Å²) in [4.78, 5) is 31.9. The van der Waals surface area contributed by atoms with Crippen LogP contribution >= 0.6 is 23.4 Å². The molecule has 1 N–H and O–H groups in total. The standard InChI is InChI=1S/C22H15ClN2O2S/c23-17-11-9-16(10-12-17)20(26)15-7-5-14(6-8-15)13-28-22-24-19-4-2-1-3-18(19)21(27)25-22/h1-12H,13H2,(H,24,25,27). The SMILES string of the molecule is O=C(c1ccc(Cl)cc1)c1ccc(CSc2nc3ccccc3c(=O)[nH]2)cc1. The number of aromatic amines is 1. The third-order valence-electron chi connectivity index (χ3n) is 4.29. The Kier molecular flexibility index (Phi) is 5.28. The van der Waals surface area contributed by atoms with Gasteiger partial charge in [0.2, 0.25) is 0 Å². The Morgan fingerprint density at radius 2 is 1.57 bits per heavy atom. The molecule has 4 rings (SSSR count). The van der Waals surface area contributed by atoms with Gasteiger partial charge in [0, 0.05) is 21.9 Å². The number of nitrogens with zero attached hydrogens (tertiary/aromatic N) is 1. The predicted molar refractivity (Wildman–Crippen MR) is 113 cm³/mol. The molecular formula is C22H15ClN2O2S. The first kappa shape index (κ1) is 18.5. The molecule has 0 spiro atoms. The monoisotopic (exact) mass is 406 g/mol. The fourth-order valence-electron chi connectivity index (χ4n) is 2.81. The highest BCUT2D eigenvalue weighted by molar-refractivity contribution is 7.98.